The number of rotatable bonds is 3. The molecule has 0 bridgehead atoms. The van der Waals surface area contributed by atoms with Gasteiger partial charge in [0.05, 0.1) is 0 Å². The molecule has 0 saturated heterocycles. The zero-order valence-corrected chi connectivity index (χ0v) is 11.1. The topological polar surface area (TPSA) is 43.1 Å². The van der Waals surface area contributed by atoms with Crippen molar-refractivity contribution in [3.63, 3.8) is 0 Å². The number of hydrogen-bond acceptors (Lipinski definition) is 1. The molecule has 2 rings (SSSR count). The number of carbonyl (C=O) groups is 1. The summed E-state index contributed by atoms with van der Waals surface area (Å²) in [6.45, 7) is 2.18. The maximum atomic E-state index is 11.0. The zero-order chi connectivity index (χ0) is 9.47. The van der Waals surface area contributed by atoms with Crippen LogP contribution in [0.25, 0.3) is 0 Å². The molecule has 2 nitrogen and oxygen atoms in total. The molecule has 1 amide bonds. The van der Waals surface area contributed by atoms with Gasteiger partial charge in [-0.2, -0.15) is 0 Å². The third-order valence-electron chi connectivity index (χ3n) is 3.03. The van der Waals surface area contributed by atoms with E-state index in [0.717, 1.165) is 12.8 Å². The number of hydrogen-bond donors (Lipinski definition) is 1. The van der Waals surface area contributed by atoms with Gasteiger partial charge in [0.25, 0.3) is 0 Å². The van der Waals surface area contributed by atoms with Crippen LogP contribution in [-0.2, 0) is 4.79 Å². The predicted molar refractivity (Wildman–Crippen MR) is 53.0 cm³/mol. The van der Waals surface area contributed by atoms with Gasteiger partial charge in [0.1, 0.15) is 0 Å². The van der Waals surface area contributed by atoms with E-state index in [1.165, 1.54) is 0 Å². The molecular formula is C10H13InNO. The standard InChI is InChI=1S/C10H13NO.In/c1-3-4-5-6-10(2)7-8(10)9(11)12;/h1,3-4,8H,6-7H2,2H3,(H2,11,12);. The van der Waals surface area contributed by atoms with E-state index in [-0.39, 0.29) is 17.2 Å². The Labute approximate surface area is 89.6 Å². The first-order valence-electron chi connectivity index (χ1n) is 4.62. The van der Waals surface area contributed by atoms with Crippen LogP contribution in [0.5, 0.6) is 0 Å². The number of nitrogens with two attached hydrogens (primary N) is 1. The molecule has 1 saturated carbocycles. The summed E-state index contributed by atoms with van der Waals surface area (Å²) < 4.78 is 3.97. The van der Waals surface area contributed by atoms with Crippen LogP contribution in [0.4, 0.5) is 0 Å². The zero-order valence-electron chi connectivity index (χ0n) is 7.79. The summed E-state index contributed by atoms with van der Waals surface area (Å²) >= 11 is -0.528. The Morgan fingerprint density at radius 1 is 1.85 bits per heavy atom. The Bertz CT molecular complexity index is 308. The first kappa shape index (κ1) is 9.38. The molecule has 2 atom stereocenters. The number of amides is 1. The molecule has 0 aromatic heterocycles. The van der Waals surface area contributed by atoms with Gasteiger partial charge in [-0.05, 0) is 0 Å². The molecule has 1 aliphatic heterocycles. The van der Waals surface area contributed by atoms with Gasteiger partial charge < -0.3 is 0 Å². The van der Waals surface area contributed by atoms with Crippen LogP contribution in [0, 0.1) is 11.3 Å². The Morgan fingerprint density at radius 2 is 2.62 bits per heavy atom. The molecular weight excluding hydrogens is 265 g/mol. The minimum atomic E-state index is -0.528. The third kappa shape index (κ3) is 1.85. The first-order chi connectivity index (χ1) is 6.12. The number of carbonyl (C=O) groups excluding carboxylic acids is 1. The Kier molecular flexibility index (Phi) is 2.30. The summed E-state index contributed by atoms with van der Waals surface area (Å²) in [5.74, 6) is 0.0405. The third-order valence-corrected chi connectivity index (χ3v) is 6.57. The van der Waals surface area contributed by atoms with Crippen molar-refractivity contribution < 1.29 is 4.79 Å². The van der Waals surface area contributed by atoms with Gasteiger partial charge in [-0.15, -0.1) is 0 Å². The molecule has 0 spiro atoms. The monoisotopic (exact) mass is 278 g/mol. The normalized spacial score (nSPS) is 35.5. The number of primary amides is 1. The fourth-order valence-corrected chi connectivity index (χ4v) is 5.69. The van der Waals surface area contributed by atoms with Crippen LogP contribution in [-0.4, -0.2) is 28.8 Å². The molecule has 2 N–H and O–H groups in total. The van der Waals surface area contributed by atoms with E-state index in [9.17, 15) is 4.79 Å². The van der Waals surface area contributed by atoms with E-state index < -0.39 is 22.9 Å². The second-order valence-corrected chi connectivity index (χ2v) is 8.45. The SMILES string of the molecule is CC1(C[C]2=CC=[CH][In]2)CC1C(N)=O. The van der Waals surface area contributed by atoms with Crippen molar-refractivity contribution in [2.45, 2.75) is 19.8 Å². The first-order valence-corrected chi connectivity index (χ1v) is 8.17. The van der Waals surface area contributed by atoms with Crippen LogP contribution in [0.3, 0.4) is 0 Å². The van der Waals surface area contributed by atoms with Crippen LogP contribution in [0.1, 0.15) is 19.8 Å². The minimum absolute atomic E-state index is 0.109. The summed E-state index contributed by atoms with van der Waals surface area (Å²) in [5, 5.41) is 0. The summed E-state index contributed by atoms with van der Waals surface area (Å²) in [4.78, 5) is 11.0. The Morgan fingerprint density at radius 3 is 3.08 bits per heavy atom. The average Bonchev–Trinajstić information content (AvgIpc) is 2.50. The van der Waals surface area contributed by atoms with Crippen LogP contribution >= 0.6 is 0 Å². The molecule has 0 aromatic rings. The van der Waals surface area contributed by atoms with Crippen LogP contribution in [0.2, 0.25) is 0 Å². The maximum absolute atomic E-state index is 11.0. The molecule has 2 aliphatic rings. The van der Waals surface area contributed by atoms with Gasteiger partial charge in [-0.3, -0.25) is 0 Å². The van der Waals surface area contributed by atoms with Crippen LogP contribution < -0.4 is 5.73 Å². The van der Waals surface area contributed by atoms with Gasteiger partial charge in [-0.25, -0.2) is 0 Å². The summed E-state index contributed by atoms with van der Waals surface area (Å²) in [5.41, 5.74) is 5.51. The fourth-order valence-electron chi connectivity index (χ4n) is 2.04. The van der Waals surface area contributed by atoms with Crippen molar-refractivity contribution in [3.05, 3.63) is 19.3 Å². The van der Waals surface area contributed by atoms with E-state index in [1.807, 2.05) is 0 Å². The van der Waals surface area contributed by atoms with E-state index in [0.29, 0.717) is 0 Å². The van der Waals surface area contributed by atoms with Crippen molar-refractivity contribution in [1.82, 2.24) is 0 Å². The average molecular weight is 278 g/mol. The molecule has 3 heteroatoms. The molecule has 1 radical (unpaired) electrons. The Hall–Kier alpha value is -0.180. The summed E-state index contributed by atoms with van der Waals surface area (Å²) in [7, 11) is 0. The summed E-state index contributed by atoms with van der Waals surface area (Å²) in [6, 6.07) is 0. The fraction of sp³-hybridized carbons (Fsp3) is 0.500. The van der Waals surface area contributed by atoms with Crippen molar-refractivity contribution in [1.29, 1.82) is 0 Å². The van der Waals surface area contributed by atoms with Gasteiger partial charge in [-0.1, -0.05) is 0 Å². The van der Waals surface area contributed by atoms with Gasteiger partial charge in [0, 0.05) is 0 Å². The van der Waals surface area contributed by atoms with E-state index in [1.54, 1.807) is 3.33 Å². The van der Waals surface area contributed by atoms with Crippen molar-refractivity contribution >= 4 is 28.8 Å². The second-order valence-electron chi connectivity index (χ2n) is 4.28. The molecule has 1 heterocycles. The molecule has 2 unspecified atom stereocenters. The Balaban J connectivity index is 1.93. The van der Waals surface area contributed by atoms with Gasteiger partial charge >= 0.3 is 89.8 Å². The quantitative estimate of drug-likeness (QED) is 0.822. The predicted octanol–water partition coefficient (Wildman–Crippen LogP) is 1.00. The molecule has 67 valence electrons. The molecule has 13 heavy (non-hydrogen) atoms. The molecule has 1 aliphatic carbocycles. The second kappa shape index (κ2) is 3.19. The number of allylic oxidation sites excluding steroid dienone is 3. The van der Waals surface area contributed by atoms with Gasteiger partial charge in [0.15, 0.2) is 0 Å². The molecule has 0 aromatic carbocycles. The van der Waals surface area contributed by atoms with Crippen LogP contribution in [0.15, 0.2) is 19.3 Å². The van der Waals surface area contributed by atoms with Crippen molar-refractivity contribution in [2.24, 2.45) is 17.1 Å². The van der Waals surface area contributed by atoms with E-state index >= 15 is 0 Å². The molecule has 1 fully saturated rings. The van der Waals surface area contributed by atoms with Crippen molar-refractivity contribution in [3.8, 4) is 0 Å². The van der Waals surface area contributed by atoms with Crippen molar-refractivity contribution in [2.75, 3.05) is 0 Å². The summed E-state index contributed by atoms with van der Waals surface area (Å²) in [6.07, 6.45) is 6.53. The van der Waals surface area contributed by atoms with E-state index in [2.05, 4.69) is 22.9 Å². The van der Waals surface area contributed by atoms with E-state index in [4.69, 9.17) is 5.73 Å². The van der Waals surface area contributed by atoms with Gasteiger partial charge in [0.2, 0.25) is 0 Å².